The number of piperidine rings is 1. The van der Waals surface area contributed by atoms with Crippen LogP contribution >= 0.6 is 0 Å². The Hall–Kier alpha value is -3.22. The molecule has 0 radical (unpaired) electrons. The quantitative estimate of drug-likeness (QED) is 0.460. The van der Waals surface area contributed by atoms with E-state index in [2.05, 4.69) is 15.1 Å². The summed E-state index contributed by atoms with van der Waals surface area (Å²) in [4.78, 5) is 55.0. The molecule has 1 unspecified atom stereocenters. The Morgan fingerprint density at radius 3 is 2.39 bits per heavy atom. The SMILES string of the molecule is Cn1c(=O)n(C2CCC(=O)NC2=O)c2ccc(CN3CCN(CCOC4CC(N(C(=O)O)C(C)(C)C)C4)CC3)cc21. The van der Waals surface area contributed by atoms with E-state index < -0.39 is 23.6 Å². The zero-order chi connectivity index (χ0) is 29.5. The summed E-state index contributed by atoms with van der Waals surface area (Å²) in [5.41, 5.74) is 1.92. The number of carboxylic acid groups (broad SMARTS) is 1. The highest BCUT2D eigenvalue weighted by Crippen LogP contribution is 2.33. The van der Waals surface area contributed by atoms with Crippen LogP contribution < -0.4 is 11.0 Å². The number of rotatable bonds is 8. The molecule has 0 bridgehead atoms. The van der Waals surface area contributed by atoms with Crippen molar-refractivity contribution in [1.82, 2.24) is 29.2 Å². The topological polar surface area (TPSA) is 129 Å². The number of carbonyl (C=O) groups is 3. The average molecular weight is 571 g/mol. The Morgan fingerprint density at radius 2 is 1.76 bits per heavy atom. The molecule has 3 amide bonds. The van der Waals surface area contributed by atoms with Crippen molar-refractivity contribution in [2.24, 2.45) is 7.05 Å². The van der Waals surface area contributed by atoms with E-state index >= 15 is 0 Å². The van der Waals surface area contributed by atoms with Crippen LogP contribution in [0, 0.1) is 0 Å². The number of benzene rings is 1. The number of nitrogens with one attached hydrogen (secondary N) is 1. The molecule has 1 aromatic carbocycles. The summed E-state index contributed by atoms with van der Waals surface area (Å²) in [6.45, 7) is 11.8. The van der Waals surface area contributed by atoms with Crippen LogP contribution in [-0.4, -0.2) is 104 Å². The third-order valence-corrected chi connectivity index (χ3v) is 8.67. The molecule has 1 saturated carbocycles. The summed E-state index contributed by atoms with van der Waals surface area (Å²) in [6, 6.07) is 5.29. The van der Waals surface area contributed by atoms with Crippen molar-refractivity contribution in [3.05, 3.63) is 34.2 Å². The molecule has 3 heterocycles. The van der Waals surface area contributed by atoms with Gasteiger partial charge < -0.3 is 14.7 Å². The normalized spacial score (nSPS) is 24.3. The largest absolute Gasteiger partial charge is 0.465 e. The number of hydrogen-bond donors (Lipinski definition) is 2. The maximum atomic E-state index is 13.0. The molecule has 2 aromatic rings. The Kier molecular flexibility index (Phi) is 8.27. The van der Waals surface area contributed by atoms with Crippen LogP contribution in [0.1, 0.15) is 58.1 Å². The number of aromatic nitrogens is 2. The molecule has 41 heavy (non-hydrogen) atoms. The molecule has 1 aliphatic carbocycles. The predicted octanol–water partition coefficient (Wildman–Crippen LogP) is 1.76. The van der Waals surface area contributed by atoms with Crippen molar-refractivity contribution >= 4 is 28.9 Å². The lowest BCUT2D eigenvalue weighted by molar-refractivity contribution is -0.135. The summed E-state index contributed by atoms with van der Waals surface area (Å²) in [5, 5.41) is 11.9. The molecule has 0 spiro atoms. The number of amides is 3. The maximum absolute atomic E-state index is 13.0. The van der Waals surface area contributed by atoms with E-state index in [-0.39, 0.29) is 30.2 Å². The minimum Gasteiger partial charge on any atom is -0.465 e. The fraction of sp³-hybridized carbons (Fsp3) is 0.655. The molecule has 5 rings (SSSR count). The monoisotopic (exact) mass is 570 g/mol. The second kappa shape index (κ2) is 11.6. The number of carbonyl (C=O) groups excluding carboxylic acids is 2. The van der Waals surface area contributed by atoms with Crippen LogP contribution in [0.25, 0.3) is 11.0 Å². The van der Waals surface area contributed by atoms with E-state index in [0.717, 1.165) is 63.2 Å². The number of nitrogens with zero attached hydrogens (tertiary/aromatic N) is 5. The van der Waals surface area contributed by atoms with Crippen molar-refractivity contribution in [2.75, 3.05) is 39.3 Å². The third-order valence-electron chi connectivity index (χ3n) is 8.67. The Bertz CT molecular complexity index is 1360. The third kappa shape index (κ3) is 6.19. The van der Waals surface area contributed by atoms with Gasteiger partial charge in [0.25, 0.3) is 0 Å². The van der Waals surface area contributed by atoms with Gasteiger partial charge in [-0.25, -0.2) is 9.59 Å². The van der Waals surface area contributed by atoms with E-state index in [1.54, 1.807) is 16.5 Å². The van der Waals surface area contributed by atoms with Gasteiger partial charge in [0.2, 0.25) is 11.8 Å². The van der Waals surface area contributed by atoms with E-state index in [4.69, 9.17) is 4.74 Å². The van der Waals surface area contributed by atoms with Crippen molar-refractivity contribution in [3.63, 3.8) is 0 Å². The van der Waals surface area contributed by atoms with Crippen LogP contribution in [-0.2, 0) is 27.9 Å². The van der Waals surface area contributed by atoms with Gasteiger partial charge in [-0.1, -0.05) is 6.07 Å². The van der Waals surface area contributed by atoms with Gasteiger partial charge in [-0.2, -0.15) is 0 Å². The van der Waals surface area contributed by atoms with E-state index in [0.29, 0.717) is 18.5 Å². The van der Waals surface area contributed by atoms with E-state index in [1.165, 1.54) is 4.57 Å². The van der Waals surface area contributed by atoms with E-state index in [1.807, 2.05) is 39.0 Å². The van der Waals surface area contributed by atoms with Crippen molar-refractivity contribution in [3.8, 4) is 0 Å². The molecule has 2 N–H and O–H groups in total. The van der Waals surface area contributed by atoms with Gasteiger partial charge in [-0.15, -0.1) is 0 Å². The summed E-state index contributed by atoms with van der Waals surface area (Å²) < 4.78 is 9.14. The zero-order valence-corrected chi connectivity index (χ0v) is 24.5. The van der Waals surface area contributed by atoms with Crippen molar-refractivity contribution < 1.29 is 24.2 Å². The number of fused-ring (bicyclic) bond motifs is 1. The molecular weight excluding hydrogens is 528 g/mol. The smallest absolute Gasteiger partial charge is 0.407 e. The number of imide groups is 1. The highest BCUT2D eigenvalue weighted by molar-refractivity contribution is 6.00. The second-order valence-electron chi connectivity index (χ2n) is 12.6. The fourth-order valence-electron chi connectivity index (χ4n) is 6.39. The summed E-state index contributed by atoms with van der Waals surface area (Å²) in [5.74, 6) is -0.725. The number of hydrogen-bond acceptors (Lipinski definition) is 7. The molecule has 3 aliphatic rings. The minimum absolute atomic E-state index is 0.0266. The van der Waals surface area contributed by atoms with Crippen LogP contribution in [0.3, 0.4) is 0 Å². The first-order chi connectivity index (χ1) is 19.4. The Labute approximate surface area is 239 Å². The van der Waals surface area contributed by atoms with E-state index in [9.17, 15) is 24.3 Å². The van der Waals surface area contributed by atoms with Crippen molar-refractivity contribution in [2.45, 2.75) is 76.7 Å². The number of imidazole rings is 1. The van der Waals surface area contributed by atoms with Crippen LogP contribution in [0.2, 0.25) is 0 Å². The fourth-order valence-corrected chi connectivity index (χ4v) is 6.39. The van der Waals surface area contributed by atoms with Crippen LogP contribution in [0.5, 0.6) is 0 Å². The molecule has 12 heteroatoms. The standard InChI is InChI=1S/C29H42N6O6/c1-29(2,3)35(28(39)40)20-16-21(17-20)41-14-13-32-9-11-33(12-10-32)18-19-5-6-22-24(15-19)31(4)27(38)34(22)23-7-8-25(36)30-26(23)37/h5-6,15,20-21,23H,7-14,16-18H2,1-4H3,(H,39,40)(H,30,36,37). The Balaban J connectivity index is 1.09. The number of ether oxygens (including phenoxy) is 1. The molecule has 3 fully saturated rings. The lowest BCUT2D eigenvalue weighted by Gasteiger charge is -2.47. The molecule has 2 saturated heterocycles. The first-order valence-corrected chi connectivity index (χ1v) is 14.5. The van der Waals surface area contributed by atoms with Crippen LogP contribution in [0.15, 0.2) is 23.0 Å². The van der Waals surface area contributed by atoms with Crippen molar-refractivity contribution in [1.29, 1.82) is 0 Å². The number of aryl methyl sites for hydroxylation is 1. The lowest BCUT2D eigenvalue weighted by atomic mass is 9.85. The molecular formula is C29H42N6O6. The minimum atomic E-state index is -0.867. The molecule has 1 atom stereocenters. The highest BCUT2D eigenvalue weighted by Gasteiger charge is 2.41. The first kappa shape index (κ1) is 29.3. The molecule has 1 aromatic heterocycles. The van der Waals surface area contributed by atoms with Gasteiger partial charge >= 0.3 is 11.8 Å². The zero-order valence-electron chi connectivity index (χ0n) is 24.5. The van der Waals surface area contributed by atoms with Gasteiger partial charge in [-0.3, -0.25) is 33.8 Å². The average Bonchev–Trinajstić information content (AvgIpc) is 3.12. The van der Waals surface area contributed by atoms with Gasteiger partial charge in [0, 0.05) is 64.3 Å². The number of piperazine rings is 1. The van der Waals surface area contributed by atoms with Gasteiger partial charge in [0.15, 0.2) is 0 Å². The molecule has 224 valence electrons. The second-order valence-corrected chi connectivity index (χ2v) is 12.6. The molecule has 12 nitrogen and oxygen atoms in total. The van der Waals surface area contributed by atoms with Gasteiger partial charge in [0.1, 0.15) is 6.04 Å². The molecule has 2 aliphatic heterocycles. The predicted molar refractivity (Wildman–Crippen MR) is 153 cm³/mol. The summed E-state index contributed by atoms with van der Waals surface area (Å²) in [6.07, 6.45) is 1.31. The Morgan fingerprint density at radius 1 is 1.07 bits per heavy atom. The lowest BCUT2D eigenvalue weighted by Crippen LogP contribution is -2.57. The van der Waals surface area contributed by atoms with Crippen LogP contribution in [0.4, 0.5) is 4.79 Å². The summed E-state index contributed by atoms with van der Waals surface area (Å²) >= 11 is 0. The first-order valence-electron chi connectivity index (χ1n) is 14.5. The maximum Gasteiger partial charge on any atom is 0.407 e. The summed E-state index contributed by atoms with van der Waals surface area (Å²) in [7, 11) is 1.72. The highest BCUT2D eigenvalue weighted by atomic mass is 16.5. The van der Waals surface area contributed by atoms with Gasteiger partial charge in [-0.05, 0) is 57.7 Å². The van der Waals surface area contributed by atoms with Gasteiger partial charge in [0.05, 0.1) is 23.7 Å².